The average molecular weight is 237 g/mol. The summed E-state index contributed by atoms with van der Waals surface area (Å²) in [6.45, 7) is 0. The summed E-state index contributed by atoms with van der Waals surface area (Å²) in [7, 11) is 0. The maximum absolute atomic E-state index is 11.7. The van der Waals surface area contributed by atoms with Crippen LogP contribution in [0.1, 0.15) is 10.4 Å². The number of H-pyrrole nitrogens is 1. The fourth-order valence-corrected chi connectivity index (χ4v) is 1.37. The first-order valence-corrected chi connectivity index (χ1v) is 4.90. The first-order valence-electron chi connectivity index (χ1n) is 4.52. The molecule has 0 fully saturated rings. The molecule has 0 aliphatic carbocycles. The number of carbonyl (C=O) groups is 1. The van der Waals surface area contributed by atoms with E-state index in [1.54, 1.807) is 18.3 Å². The zero-order chi connectivity index (χ0) is 11.5. The van der Waals surface area contributed by atoms with Crippen molar-refractivity contribution in [1.82, 2.24) is 10.2 Å². The van der Waals surface area contributed by atoms with Crippen molar-refractivity contribution in [2.75, 3.05) is 11.1 Å². The smallest absolute Gasteiger partial charge is 0.255 e. The molecule has 5 nitrogen and oxygen atoms in total. The van der Waals surface area contributed by atoms with E-state index < -0.39 is 0 Å². The van der Waals surface area contributed by atoms with E-state index in [2.05, 4.69) is 15.5 Å². The number of benzene rings is 1. The van der Waals surface area contributed by atoms with E-state index in [9.17, 15) is 4.79 Å². The molecule has 0 spiro atoms. The topological polar surface area (TPSA) is 83.8 Å². The van der Waals surface area contributed by atoms with Gasteiger partial charge in [0.2, 0.25) is 0 Å². The summed E-state index contributed by atoms with van der Waals surface area (Å²) in [4.78, 5) is 11.7. The van der Waals surface area contributed by atoms with Crippen LogP contribution in [-0.4, -0.2) is 16.1 Å². The number of nitrogens with one attached hydrogen (secondary N) is 2. The second-order valence-electron chi connectivity index (χ2n) is 3.18. The van der Waals surface area contributed by atoms with Gasteiger partial charge in [0.1, 0.15) is 0 Å². The quantitative estimate of drug-likeness (QED) is 0.697. The number of nitrogens with zero attached hydrogens (tertiary/aromatic N) is 1. The van der Waals surface area contributed by atoms with Crippen LogP contribution >= 0.6 is 11.6 Å². The van der Waals surface area contributed by atoms with Crippen LogP contribution in [0, 0.1) is 0 Å². The number of nitrogen functional groups attached to an aromatic ring is 1. The summed E-state index contributed by atoms with van der Waals surface area (Å²) in [5, 5.41) is 9.32. The number of nitrogens with two attached hydrogens (primary N) is 1. The molecule has 6 heteroatoms. The zero-order valence-corrected chi connectivity index (χ0v) is 8.95. The van der Waals surface area contributed by atoms with Gasteiger partial charge in [-0.05, 0) is 18.2 Å². The van der Waals surface area contributed by atoms with E-state index in [1.165, 1.54) is 12.3 Å². The summed E-state index contributed by atoms with van der Waals surface area (Å²) in [6, 6.07) is 4.72. The lowest BCUT2D eigenvalue weighted by molar-refractivity contribution is 0.102. The van der Waals surface area contributed by atoms with Gasteiger partial charge in [0.15, 0.2) is 0 Å². The third-order valence-electron chi connectivity index (χ3n) is 2.02. The summed E-state index contributed by atoms with van der Waals surface area (Å²) in [6.07, 6.45) is 3.09. The zero-order valence-electron chi connectivity index (χ0n) is 8.20. The van der Waals surface area contributed by atoms with E-state index in [4.69, 9.17) is 17.3 Å². The van der Waals surface area contributed by atoms with Gasteiger partial charge in [0.25, 0.3) is 5.91 Å². The molecule has 1 aromatic heterocycles. The number of anilines is 2. The molecular formula is C10H9ClN4O. The fraction of sp³-hybridized carbons (Fsp3) is 0. The number of aromatic nitrogens is 2. The number of amides is 1. The van der Waals surface area contributed by atoms with Gasteiger partial charge in [-0.1, -0.05) is 11.6 Å². The summed E-state index contributed by atoms with van der Waals surface area (Å²) < 4.78 is 0. The molecular weight excluding hydrogens is 228 g/mol. The average Bonchev–Trinajstić information content (AvgIpc) is 2.74. The Bertz CT molecular complexity index is 510. The molecule has 0 bridgehead atoms. The Kier molecular flexibility index (Phi) is 2.78. The lowest BCUT2D eigenvalue weighted by atomic mass is 10.2. The Balaban J connectivity index is 2.18. The highest BCUT2D eigenvalue weighted by atomic mass is 35.5. The van der Waals surface area contributed by atoms with Crippen molar-refractivity contribution in [1.29, 1.82) is 0 Å². The number of carbonyl (C=O) groups excluding carboxylic acids is 1. The molecule has 1 amide bonds. The Labute approximate surface area is 96.6 Å². The second-order valence-corrected chi connectivity index (χ2v) is 3.58. The van der Waals surface area contributed by atoms with Crippen LogP contribution in [0.5, 0.6) is 0 Å². The lowest BCUT2D eigenvalue weighted by Gasteiger charge is -2.04. The number of hydrogen-bond acceptors (Lipinski definition) is 3. The fourth-order valence-electron chi connectivity index (χ4n) is 1.19. The molecule has 1 aromatic carbocycles. The largest absolute Gasteiger partial charge is 0.398 e. The number of rotatable bonds is 2. The highest BCUT2D eigenvalue weighted by molar-refractivity contribution is 6.33. The first kappa shape index (κ1) is 10.5. The lowest BCUT2D eigenvalue weighted by Crippen LogP contribution is -2.11. The molecule has 0 aliphatic heterocycles. The molecule has 1 heterocycles. The molecule has 0 unspecified atom stereocenters. The Hall–Kier alpha value is -2.01. The molecule has 0 radical (unpaired) electrons. The molecule has 0 saturated heterocycles. The second kappa shape index (κ2) is 4.24. The highest BCUT2D eigenvalue weighted by Gasteiger charge is 2.08. The monoisotopic (exact) mass is 236 g/mol. The van der Waals surface area contributed by atoms with Crippen molar-refractivity contribution in [3.05, 3.63) is 41.2 Å². The SMILES string of the molecule is Nc1ccc(C(=O)Nc2cn[nH]c2)cc1Cl. The maximum Gasteiger partial charge on any atom is 0.255 e. The predicted molar refractivity (Wildman–Crippen MR) is 62.4 cm³/mol. The van der Waals surface area contributed by atoms with Crippen molar-refractivity contribution in [2.45, 2.75) is 0 Å². The molecule has 0 saturated carbocycles. The Morgan fingerprint density at radius 2 is 2.31 bits per heavy atom. The standard InChI is InChI=1S/C10H9ClN4O/c11-8-3-6(1-2-9(8)12)10(16)15-7-4-13-14-5-7/h1-5H,12H2,(H,13,14)(H,15,16). The minimum Gasteiger partial charge on any atom is -0.398 e. The van der Waals surface area contributed by atoms with Crippen LogP contribution in [0.3, 0.4) is 0 Å². The van der Waals surface area contributed by atoms with Crippen LogP contribution < -0.4 is 11.1 Å². The van der Waals surface area contributed by atoms with E-state index in [1.807, 2.05) is 0 Å². The Morgan fingerprint density at radius 1 is 1.50 bits per heavy atom. The summed E-state index contributed by atoms with van der Waals surface area (Å²) in [5.74, 6) is -0.261. The molecule has 2 aromatic rings. The van der Waals surface area contributed by atoms with Gasteiger partial charge in [0.05, 0.1) is 22.6 Å². The molecule has 0 aliphatic rings. The van der Waals surface area contributed by atoms with Crippen molar-refractivity contribution in [3.63, 3.8) is 0 Å². The van der Waals surface area contributed by atoms with Crippen molar-refractivity contribution in [2.24, 2.45) is 0 Å². The molecule has 4 N–H and O–H groups in total. The summed E-state index contributed by atoms with van der Waals surface area (Å²) >= 11 is 5.82. The summed E-state index contributed by atoms with van der Waals surface area (Å²) in [5.41, 5.74) is 7.03. The van der Waals surface area contributed by atoms with E-state index in [0.717, 1.165) is 0 Å². The van der Waals surface area contributed by atoms with E-state index in [0.29, 0.717) is 22.0 Å². The predicted octanol–water partition coefficient (Wildman–Crippen LogP) is 1.90. The van der Waals surface area contributed by atoms with Gasteiger partial charge in [-0.25, -0.2) is 0 Å². The Morgan fingerprint density at radius 3 is 2.94 bits per heavy atom. The van der Waals surface area contributed by atoms with Gasteiger partial charge >= 0.3 is 0 Å². The number of halogens is 1. The van der Waals surface area contributed by atoms with Crippen LogP contribution in [0.15, 0.2) is 30.6 Å². The third-order valence-corrected chi connectivity index (χ3v) is 2.35. The van der Waals surface area contributed by atoms with Crippen LogP contribution in [0.25, 0.3) is 0 Å². The minimum atomic E-state index is -0.261. The van der Waals surface area contributed by atoms with Crippen molar-refractivity contribution >= 4 is 28.9 Å². The van der Waals surface area contributed by atoms with Gasteiger partial charge in [0, 0.05) is 11.8 Å². The van der Waals surface area contributed by atoms with Gasteiger partial charge in [-0.3, -0.25) is 9.89 Å². The maximum atomic E-state index is 11.7. The molecule has 16 heavy (non-hydrogen) atoms. The minimum absolute atomic E-state index is 0.261. The molecule has 0 atom stereocenters. The normalized spacial score (nSPS) is 10.1. The number of hydrogen-bond donors (Lipinski definition) is 3. The third kappa shape index (κ3) is 2.14. The van der Waals surface area contributed by atoms with Crippen molar-refractivity contribution in [3.8, 4) is 0 Å². The van der Waals surface area contributed by atoms with Gasteiger partial charge in [-0.15, -0.1) is 0 Å². The van der Waals surface area contributed by atoms with E-state index in [-0.39, 0.29) is 5.91 Å². The van der Waals surface area contributed by atoms with E-state index >= 15 is 0 Å². The van der Waals surface area contributed by atoms with Crippen LogP contribution in [0.2, 0.25) is 5.02 Å². The van der Waals surface area contributed by atoms with Crippen molar-refractivity contribution < 1.29 is 4.79 Å². The number of aromatic amines is 1. The first-order chi connectivity index (χ1) is 7.66. The molecule has 82 valence electrons. The van der Waals surface area contributed by atoms with Crippen LogP contribution in [-0.2, 0) is 0 Å². The molecule has 2 rings (SSSR count). The van der Waals surface area contributed by atoms with Gasteiger partial charge in [-0.2, -0.15) is 5.10 Å². The van der Waals surface area contributed by atoms with Gasteiger partial charge < -0.3 is 11.1 Å². The highest BCUT2D eigenvalue weighted by Crippen LogP contribution is 2.20. The van der Waals surface area contributed by atoms with Crippen LogP contribution in [0.4, 0.5) is 11.4 Å².